The lowest BCUT2D eigenvalue weighted by atomic mass is 9.86. The summed E-state index contributed by atoms with van der Waals surface area (Å²) in [5, 5.41) is 3.35. The van der Waals surface area contributed by atoms with Crippen LogP contribution < -0.4 is 15.0 Å². The Labute approximate surface area is 212 Å². The summed E-state index contributed by atoms with van der Waals surface area (Å²) in [5.74, 6) is 0.531. The molecule has 3 aliphatic rings. The fraction of sp³-hybridized carbons (Fsp3) is 0.556. The van der Waals surface area contributed by atoms with E-state index < -0.39 is 5.60 Å². The number of epoxide rings is 1. The molecular weight excluding hydrogens is 468 g/mol. The molecule has 0 spiro atoms. The summed E-state index contributed by atoms with van der Waals surface area (Å²) < 4.78 is 17.2. The number of hydrogen-bond donors (Lipinski definition) is 1. The van der Waals surface area contributed by atoms with E-state index in [0.717, 1.165) is 24.0 Å². The lowest BCUT2D eigenvalue weighted by Crippen LogP contribution is -2.48. The van der Waals surface area contributed by atoms with Crippen LogP contribution in [0.15, 0.2) is 35.9 Å². The van der Waals surface area contributed by atoms with Crippen LogP contribution in [0.25, 0.3) is 0 Å². The molecule has 1 aromatic rings. The van der Waals surface area contributed by atoms with Crippen molar-refractivity contribution >= 4 is 29.3 Å². The molecule has 3 heterocycles. The largest absolute Gasteiger partial charge is 0.495 e. The van der Waals surface area contributed by atoms with Crippen LogP contribution in [-0.2, 0) is 20.7 Å². The number of allylic oxidation sites excluding steroid dienone is 3. The van der Waals surface area contributed by atoms with Gasteiger partial charge in [-0.15, -0.1) is 0 Å². The predicted molar refractivity (Wildman–Crippen MR) is 136 cm³/mol. The van der Waals surface area contributed by atoms with Crippen molar-refractivity contribution in [2.75, 3.05) is 19.1 Å². The van der Waals surface area contributed by atoms with Gasteiger partial charge in [0, 0.05) is 31.8 Å². The third kappa shape index (κ3) is 5.67. The van der Waals surface area contributed by atoms with Crippen molar-refractivity contribution in [3.8, 4) is 5.75 Å². The maximum absolute atomic E-state index is 13.2. The standard InChI is InChI=1S/C27H35ClN2O5/c1-16-8-6-7-9-19-15-21(34-26(32)29-19)17(2)25-27(3,35-25)11-10-23(31)30(4)20-13-18(12-16)14-22(33-5)24(20)28/h6-8,13-14,17,19,21,25H,9-12,15H2,1-5H3,(H,29,32)/b7-6+,16-8+/t17-,19?,21?,25?,27+/m1/s1. The maximum Gasteiger partial charge on any atom is 0.407 e. The molecule has 4 rings (SSSR count). The maximum atomic E-state index is 13.2. The molecule has 2 fully saturated rings. The molecule has 8 heteroatoms. The van der Waals surface area contributed by atoms with Gasteiger partial charge in [0.2, 0.25) is 5.91 Å². The van der Waals surface area contributed by atoms with E-state index >= 15 is 0 Å². The Hall–Kier alpha value is -2.51. The zero-order chi connectivity index (χ0) is 25.3. The monoisotopic (exact) mass is 502 g/mol. The van der Waals surface area contributed by atoms with Crippen LogP contribution in [0.1, 0.15) is 52.0 Å². The molecule has 35 heavy (non-hydrogen) atoms. The van der Waals surface area contributed by atoms with Gasteiger partial charge in [0.1, 0.15) is 16.9 Å². The molecule has 0 radical (unpaired) electrons. The number of anilines is 1. The first-order valence-electron chi connectivity index (χ1n) is 12.2. The highest BCUT2D eigenvalue weighted by Crippen LogP contribution is 2.47. The summed E-state index contributed by atoms with van der Waals surface area (Å²) in [6, 6.07) is 3.88. The molecule has 1 aromatic carbocycles. The lowest BCUT2D eigenvalue weighted by molar-refractivity contribution is -0.118. The molecule has 0 aromatic heterocycles. The Balaban J connectivity index is 1.63. The Morgan fingerprint density at radius 2 is 2.06 bits per heavy atom. The smallest absolute Gasteiger partial charge is 0.407 e. The minimum Gasteiger partial charge on any atom is -0.495 e. The van der Waals surface area contributed by atoms with Gasteiger partial charge in [-0.2, -0.15) is 0 Å². The Morgan fingerprint density at radius 1 is 1.29 bits per heavy atom. The van der Waals surface area contributed by atoms with Gasteiger partial charge in [0.25, 0.3) is 0 Å². The van der Waals surface area contributed by atoms with Gasteiger partial charge in [-0.3, -0.25) is 4.79 Å². The van der Waals surface area contributed by atoms with E-state index in [0.29, 0.717) is 35.7 Å². The summed E-state index contributed by atoms with van der Waals surface area (Å²) in [6.07, 6.45) is 8.53. The zero-order valence-electron chi connectivity index (χ0n) is 21.1. The van der Waals surface area contributed by atoms with Crippen molar-refractivity contribution in [3.63, 3.8) is 0 Å². The van der Waals surface area contributed by atoms with Gasteiger partial charge in [-0.05, 0) is 50.8 Å². The van der Waals surface area contributed by atoms with Crippen molar-refractivity contribution < 1.29 is 23.8 Å². The molecule has 3 aliphatic heterocycles. The normalized spacial score (nSPS) is 34.1. The Bertz CT molecular complexity index is 1050. The van der Waals surface area contributed by atoms with Crippen LogP contribution in [0.3, 0.4) is 0 Å². The van der Waals surface area contributed by atoms with Gasteiger partial charge in [0.15, 0.2) is 0 Å². The number of rotatable bonds is 1. The van der Waals surface area contributed by atoms with E-state index in [-0.39, 0.29) is 36.2 Å². The second-order valence-electron chi connectivity index (χ2n) is 10.2. The molecule has 1 N–H and O–H groups in total. The second-order valence-corrected chi connectivity index (χ2v) is 10.5. The first kappa shape index (κ1) is 25.6. The summed E-state index contributed by atoms with van der Waals surface area (Å²) in [5.41, 5.74) is 2.37. The topological polar surface area (TPSA) is 80.4 Å². The van der Waals surface area contributed by atoms with E-state index in [1.54, 1.807) is 19.1 Å². The van der Waals surface area contributed by atoms with Crippen LogP contribution in [0.5, 0.6) is 5.75 Å². The number of hydrogen-bond acceptors (Lipinski definition) is 5. The number of carbonyl (C=O) groups excluding carboxylic acids is 2. The van der Waals surface area contributed by atoms with Crippen LogP contribution in [0, 0.1) is 5.92 Å². The summed E-state index contributed by atoms with van der Waals surface area (Å²) in [4.78, 5) is 27.0. The third-order valence-electron chi connectivity index (χ3n) is 7.39. The number of halogens is 1. The van der Waals surface area contributed by atoms with Gasteiger partial charge in [-0.25, -0.2) is 4.79 Å². The highest BCUT2D eigenvalue weighted by atomic mass is 35.5. The van der Waals surface area contributed by atoms with E-state index in [1.807, 2.05) is 25.1 Å². The van der Waals surface area contributed by atoms with Gasteiger partial charge in [0.05, 0.1) is 24.5 Å². The molecule has 190 valence electrons. The average molecular weight is 503 g/mol. The quantitative estimate of drug-likeness (QED) is 0.534. The Morgan fingerprint density at radius 3 is 2.80 bits per heavy atom. The number of amides is 2. The van der Waals surface area contributed by atoms with E-state index in [9.17, 15) is 9.59 Å². The predicted octanol–water partition coefficient (Wildman–Crippen LogP) is 5.20. The van der Waals surface area contributed by atoms with Crippen LogP contribution >= 0.6 is 11.6 Å². The first-order valence-corrected chi connectivity index (χ1v) is 12.6. The van der Waals surface area contributed by atoms with Crippen molar-refractivity contribution in [3.05, 3.63) is 46.5 Å². The van der Waals surface area contributed by atoms with E-state index in [2.05, 4.69) is 31.3 Å². The van der Waals surface area contributed by atoms with E-state index in [4.69, 9.17) is 25.8 Å². The molecule has 4 bridgehead atoms. The fourth-order valence-electron chi connectivity index (χ4n) is 5.16. The second kappa shape index (κ2) is 10.2. The molecule has 2 amide bonds. The van der Waals surface area contributed by atoms with Crippen molar-refractivity contribution in [2.24, 2.45) is 5.92 Å². The highest BCUT2D eigenvalue weighted by molar-refractivity contribution is 6.35. The number of alkyl carbamates (subject to hydrolysis) is 1. The molecule has 0 aliphatic carbocycles. The summed E-state index contributed by atoms with van der Waals surface area (Å²) >= 11 is 6.60. The molecule has 3 unspecified atom stereocenters. The SMILES string of the molecule is COc1cc2cc(c1Cl)N(C)C(=O)CC[C@]1(C)OC1[C@H](C)C1CC(C/C=C/C=C(\C)C2)NC(=O)O1. The van der Waals surface area contributed by atoms with Gasteiger partial charge < -0.3 is 24.4 Å². The van der Waals surface area contributed by atoms with Crippen molar-refractivity contribution in [1.29, 1.82) is 0 Å². The van der Waals surface area contributed by atoms with Gasteiger partial charge >= 0.3 is 6.09 Å². The lowest BCUT2D eigenvalue weighted by Gasteiger charge is -2.33. The van der Waals surface area contributed by atoms with Crippen LogP contribution in [-0.4, -0.2) is 50.0 Å². The minimum absolute atomic E-state index is 0.0130. The zero-order valence-corrected chi connectivity index (χ0v) is 21.9. The van der Waals surface area contributed by atoms with Crippen molar-refractivity contribution in [2.45, 2.75) is 76.7 Å². The summed E-state index contributed by atoms with van der Waals surface area (Å²) in [6.45, 7) is 6.15. The molecule has 5 atom stereocenters. The van der Waals surface area contributed by atoms with Crippen LogP contribution in [0.4, 0.5) is 10.5 Å². The number of benzene rings is 1. The Kier molecular flexibility index (Phi) is 7.48. The van der Waals surface area contributed by atoms with E-state index in [1.165, 1.54) is 0 Å². The number of ether oxygens (including phenoxy) is 3. The van der Waals surface area contributed by atoms with Crippen molar-refractivity contribution in [1.82, 2.24) is 5.32 Å². The van der Waals surface area contributed by atoms with Gasteiger partial charge in [-0.1, -0.05) is 42.3 Å². The number of nitrogens with one attached hydrogen (secondary N) is 1. The minimum atomic E-state index is -0.421. The fourth-order valence-corrected chi connectivity index (χ4v) is 5.48. The first-order chi connectivity index (χ1) is 16.6. The third-order valence-corrected chi connectivity index (χ3v) is 7.77. The number of fused-ring (bicyclic) bond motifs is 5. The molecule has 0 saturated carbocycles. The molecule has 2 saturated heterocycles. The molecular formula is C27H35ClN2O5. The summed E-state index contributed by atoms with van der Waals surface area (Å²) in [7, 11) is 3.32. The number of carbonyl (C=O) groups is 2. The highest BCUT2D eigenvalue weighted by Gasteiger charge is 2.57. The number of nitrogens with zero attached hydrogens (tertiary/aromatic N) is 1. The molecule has 7 nitrogen and oxygen atoms in total. The average Bonchev–Trinajstić information content (AvgIpc) is 3.50. The van der Waals surface area contributed by atoms with Crippen LogP contribution in [0.2, 0.25) is 5.02 Å². The number of methoxy groups -OCH3 is 1.